The van der Waals surface area contributed by atoms with Crippen molar-refractivity contribution in [2.75, 3.05) is 0 Å². The molecule has 1 N–H and O–H groups in total. The number of carbonyl (C=O) groups is 1. The summed E-state index contributed by atoms with van der Waals surface area (Å²) in [6.07, 6.45) is 1.26. The van der Waals surface area contributed by atoms with Crippen LogP contribution in [0.25, 0.3) is 16.1 Å². The average molecular weight is 261 g/mol. The summed E-state index contributed by atoms with van der Waals surface area (Å²) in [5.41, 5.74) is 7.69. The number of nitrogens with one attached hydrogen (secondary N) is 1. The zero-order valence-electron chi connectivity index (χ0n) is 10.6. The van der Waals surface area contributed by atoms with E-state index >= 15 is 0 Å². The van der Waals surface area contributed by atoms with Gasteiger partial charge in [0.1, 0.15) is 5.69 Å². The number of rotatable bonds is 1. The Morgan fingerprint density at radius 1 is 1.47 bits per heavy atom. The Balaban J connectivity index is 2.73. The van der Waals surface area contributed by atoms with E-state index in [1.165, 1.54) is 6.20 Å². The molecule has 0 saturated carbocycles. The maximum absolute atomic E-state index is 12.2. The summed E-state index contributed by atoms with van der Waals surface area (Å²) in [6, 6.07) is 0. The topological polar surface area (TPSA) is 129 Å². The molecule has 0 atom stereocenters. The number of carbonyl (C=O) groups excluding carboxylic acids is 1. The van der Waals surface area contributed by atoms with E-state index in [2.05, 4.69) is 25.3 Å². The third kappa shape index (κ3) is 2.06. The van der Waals surface area contributed by atoms with Crippen LogP contribution in [0.3, 0.4) is 0 Å². The lowest BCUT2D eigenvalue weighted by Crippen LogP contribution is -2.30. The van der Waals surface area contributed by atoms with Gasteiger partial charge in [-0.3, -0.25) is 14.7 Å². The number of nitrogens with zero attached hydrogens (tertiary/aromatic N) is 6. The molecule has 0 fully saturated rings. The number of fused-ring (bicyclic) bond motifs is 1. The number of aromatic amines is 1. The SMILES string of the molecule is CC(C)(C)c1nnc2c(C(=O)N=[N+]=[N-])c[nH]n2c1=O. The van der Waals surface area contributed by atoms with Crippen molar-refractivity contribution in [3.63, 3.8) is 0 Å². The molecule has 9 nitrogen and oxygen atoms in total. The lowest BCUT2D eigenvalue weighted by atomic mass is 9.93. The van der Waals surface area contributed by atoms with Gasteiger partial charge in [-0.1, -0.05) is 20.8 Å². The van der Waals surface area contributed by atoms with Gasteiger partial charge in [0.25, 0.3) is 11.5 Å². The van der Waals surface area contributed by atoms with Crippen molar-refractivity contribution in [1.82, 2.24) is 19.8 Å². The van der Waals surface area contributed by atoms with Crippen LogP contribution in [0.4, 0.5) is 0 Å². The smallest absolute Gasteiger partial charge is 0.295 e. The molecule has 0 saturated heterocycles. The van der Waals surface area contributed by atoms with Gasteiger partial charge in [-0.25, -0.2) is 0 Å². The molecule has 0 unspecified atom stereocenters. The van der Waals surface area contributed by atoms with Crippen LogP contribution in [0.2, 0.25) is 0 Å². The molecule has 1 amide bonds. The standard InChI is InChI=1S/C10H11N7O2/c1-10(2,3)6-9(19)17-7(14-13-6)5(4-12-17)8(18)15-16-11/h4,12H,1-3H3. The largest absolute Gasteiger partial charge is 0.296 e. The second-order valence-electron chi connectivity index (χ2n) is 4.94. The first-order valence-corrected chi connectivity index (χ1v) is 5.43. The highest BCUT2D eigenvalue weighted by Gasteiger charge is 2.23. The molecule has 2 aromatic rings. The van der Waals surface area contributed by atoms with Crippen molar-refractivity contribution in [3.8, 4) is 0 Å². The van der Waals surface area contributed by atoms with Crippen LogP contribution in [0, 0.1) is 0 Å². The van der Waals surface area contributed by atoms with E-state index in [0.29, 0.717) is 0 Å². The summed E-state index contributed by atoms with van der Waals surface area (Å²) in [5.74, 6) is -0.821. The third-order valence-corrected chi connectivity index (χ3v) is 2.52. The Morgan fingerprint density at radius 2 is 2.16 bits per heavy atom. The molecule has 0 aromatic carbocycles. The van der Waals surface area contributed by atoms with Crippen LogP contribution in [-0.2, 0) is 5.41 Å². The highest BCUT2D eigenvalue weighted by molar-refractivity contribution is 6.00. The minimum atomic E-state index is -0.821. The number of hydrogen-bond donors (Lipinski definition) is 1. The van der Waals surface area contributed by atoms with E-state index in [0.717, 1.165) is 4.52 Å². The summed E-state index contributed by atoms with van der Waals surface area (Å²) in [7, 11) is 0. The first-order chi connectivity index (χ1) is 8.86. The Hall–Kier alpha value is -2.67. The highest BCUT2D eigenvalue weighted by Crippen LogP contribution is 2.16. The van der Waals surface area contributed by atoms with Crippen molar-refractivity contribution in [2.24, 2.45) is 5.11 Å². The second-order valence-corrected chi connectivity index (χ2v) is 4.94. The van der Waals surface area contributed by atoms with E-state index in [1.54, 1.807) is 0 Å². The van der Waals surface area contributed by atoms with Crippen molar-refractivity contribution in [2.45, 2.75) is 26.2 Å². The lowest BCUT2D eigenvalue weighted by Gasteiger charge is -2.15. The molecule has 0 aliphatic carbocycles. The Labute approximate surface area is 106 Å². The van der Waals surface area contributed by atoms with Crippen LogP contribution >= 0.6 is 0 Å². The zero-order valence-corrected chi connectivity index (χ0v) is 10.6. The number of amides is 1. The van der Waals surface area contributed by atoms with Gasteiger partial charge in [0.15, 0.2) is 5.65 Å². The second kappa shape index (κ2) is 4.21. The van der Waals surface area contributed by atoms with Crippen molar-refractivity contribution in [3.05, 3.63) is 38.3 Å². The van der Waals surface area contributed by atoms with Crippen molar-refractivity contribution < 1.29 is 4.79 Å². The average Bonchev–Trinajstić information content (AvgIpc) is 2.72. The molecule has 0 radical (unpaired) electrons. The number of aromatic nitrogens is 4. The van der Waals surface area contributed by atoms with Crippen LogP contribution < -0.4 is 5.56 Å². The van der Waals surface area contributed by atoms with E-state index in [1.807, 2.05) is 20.8 Å². The normalized spacial score (nSPS) is 11.3. The molecular formula is C10H11N7O2. The number of azide groups is 1. The zero-order chi connectivity index (χ0) is 14.2. The maximum atomic E-state index is 12.2. The fourth-order valence-corrected chi connectivity index (χ4v) is 1.60. The van der Waals surface area contributed by atoms with Gasteiger partial charge < -0.3 is 0 Å². The van der Waals surface area contributed by atoms with Gasteiger partial charge in [0.05, 0.1) is 5.56 Å². The molecule has 9 heteroatoms. The van der Waals surface area contributed by atoms with Gasteiger partial charge in [-0.15, -0.1) is 10.2 Å². The summed E-state index contributed by atoms with van der Waals surface area (Å²) in [6.45, 7) is 5.50. The van der Waals surface area contributed by atoms with E-state index in [-0.39, 0.29) is 16.9 Å². The van der Waals surface area contributed by atoms with E-state index in [4.69, 9.17) is 5.53 Å². The molecular weight excluding hydrogens is 250 g/mol. The fourth-order valence-electron chi connectivity index (χ4n) is 1.60. The predicted octanol–water partition coefficient (Wildman–Crippen LogP) is 1.17. The van der Waals surface area contributed by atoms with Crippen LogP contribution in [-0.4, -0.2) is 25.7 Å². The van der Waals surface area contributed by atoms with Crippen LogP contribution in [0.15, 0.2) is 16.1 Å². The minimum absolute atomic E-state index is 0.00265. The number of H-pyrrole nitrogens is 1. The summed E-state index contributed by atoms with van der Waals surface area (Å²) in [4.78, 5) is 26.1. The van der Waals surface area contributed by atoms with Gasteiger partial charge in [-0.2, -0.15) is 4.52 Å². The molecule has 2 heterocycles. The van der Waals surface area contributed by atoms with Gasteiger partial charge in [0.2, 0.25) is 0 Å². The summed E-state index contributed by atoms with van der Waals surface area (Å²) >= 11 is 0. The molecule has 2 rings (SSSR count). The molecule has 2 aromatic heterocycles. The molecule has 0 bridgehead atoms. The fraction of sp³-hybridized carbons (Fsp3) is 0.400. The molecule has 19 heavy (non-hydrogen) atoms. The predicted molar refractivity (Wildman–Crippen MR) is 65.8 cm³/mol. The van der Waals surface area contributed by atoms with E-state index < -0.39 is 16.9 Å². The number of hydrogen-bond acceptors (Lipinski definition) is 4. The maximum Gasteiger partial charge on any atom is 0.295 e. The first kappa shape index (κ1) is 12.8. The first-order valence-electron chi connectivity index (χ1n) is 5.43. The van der Waals surface area contributed by atoms with Gasteiger partial charge >= 0.3 is 0 Å². The lowest BCUT2D eigenvalue weighted by molar-refractivity contribution is 0.100. The van der Waals surface area contributed by atoms with Gasteiger partial charge in [-0.05, 0) is 10.6 Å². The molecule has 0 aliphatic rings. The van der Waals surface area contributed by atoms with Crippen LogP contribution in [0.5, 0.6) is 0 Å². The molecule has 98 valence electrons. The monoisotopic (exact) mass is 261 g/mol. The summed E-state index contributed by atoms with van der Waals surface area (Å²) < 4.78 is 1.10. The molecule has 0 spiro atoms. The highest BCUT2D eigenvalue weighted by atomic mass is 16.2. The molecule has 0 aliphatic heterocycles. The third-order valence-electron chi connectivity index (χ3n) is 2.52. The Bertz CT molecular complexity index is 758. The van der Waals surface area contributed by atoms with Crippen molar-refractivity contribution in [1.29, 1.82) is 0 Å². The van der Waals surface area contributed by atoms with E-state index in [9.17, 15) is 9.59 Å². The summed E-state index contributed by atoms with van der Waals surface area (Å²) in [5, 5.41) is 13.3. The minimum Gasteiger partial charge on any atom is -0.296 e. The van der Waals surface area contributed by atoms with Crippen LogP contribution in [0.1, 0.15) is 36.8 Å². The quantitative estimate of drug-likeness (QED) is 0.469. The Kier molecular flexibility index (Phi) is 2.83. The Morgan fingerprint density at radius 3 is 2.74 bits per heavy atom. The van der Waals surface area contributed by atoms with Gasteiger partial charge in [0, 0.05) is 16.5 Å². The van der Waals surface area contributed by atoms with Crippen molar-refractivity contribution >= 4 is 11.6 Å².